The fourth-order valence-electron chi connectivity index (χ4n) is 4.63. The van der Waals surface area contributed by atoms with Gasteiger partial charge in [-0.2, -0.15) is 39.5 Å². The predicted octanol–water partition coefficient (Wildman–Crippen LogP) is 6.82. The monoisotopic (exact) mass is 586 g/mol. The van der Waals surface area contributed by atoms with Crippen LogP contribution in [0.2, 0.25) is 0 Å². The molecule has 1 heterocycles. The predicted molar refractivity (Wildman–Crippen MR) is 122 cm³/mol. The summed E-state index contributed by atoms with van der Waals surface area (Å²) in [6.45, 7) is 0.777. The number of alkyl halides is 9. The molecule has 6 nitrogen and oxygen atoms in total. The lowest BCUT2D eigenvalue weighted by molar-refractivity contribution is -0.143. The Kier molecular flexibility index (Phi) is 8.84. The van der Waals surface area contributed by atoms with E-state index < -0.39 is 65.5 Å². The molecule has 2 aromatic carbocycles. The van der Waals surface area contributed by atoms with Crippen LogP contribution in [0, 0.1) is 0 Å². The second-order valence-corrected chi connectivity index (χ2v) is 9.04. The molecule has 220 valence electrons. The van der Waals surface area contributed by atoms with Crippen LogP contribution in [0.15, 0.2) is 36.4 Å². The zero-order valence-electron chi connectivity index (χ0n) is 21.0. The summed E-state index contributed by atoms with van der Waals surface area (Å²) >= 11 is 0. The van der Waals surface area contributed by atoms with Crippen molar-refractivity contribution in [1.29, 1.82) is 0 Å². The lowest BCUT2D eigenvalue weighted by Gasteiger charge is -2.44. The molecule has 1 aliphatic heterocycles. The smallest absolute Gasteiger partial charge is 0.416 e. The van der Waals surface area contributed by atoms with Crippen molar-refractivity contribution in [2.45, 2.75) is 50.5 Å². The molecule has 2 unspecified atom stereocenters. The number of ether oxygens (including phenoxy) is 2. The summed E-state index contributed by atoms with van der Waals surface area (Å²) in [6.07, 6.45) is -16.1. The van der Waals surface area contributed by atoms with E-state index in [1.165, 1.54) is 4.90 Å². The van der Waals surface area contributed by atoms with Gasteiger partial charge in [-0.15, -0.1) is 0 Å². The summed E-state index contributed by atoms with van der Waals surface area (Å²) in [5.74, 6) is 0. The van der Waals surface area contributed by atoms with Crippen molar-refractivity contribution >= 4 is 18.3 Å². The third kappa shape index (κ3) is 6.91. The van der Waals surface area contributed by atoms with Gasteiger partial charge in [0, 0.05) is 18.3 Å². The number of rotatable bonds is 7. The van der Waals surface area contributed by atoms with E-state index >= 15 is 0 Å². The van der Waals surface area contributed by atoms with Gasteiger partial charge in [-0.25, -0.2) is 4.79 Å². The molecule has 3 rings (SSSR count). The Labute approximate surface area is 222 Å². The third-order valence-corrected chi connectivity index (χ3v) is 6.43. The van der Waals surface area contributed by atoms with Gasteiger partial charge < -0.3 is 14.4 Å². The highest BCUT2D eigenvalue weighted by molar-refractivity contribution is 5.70. The van der Waals surface area contributed by atoms with Crippen LogP contribution in [-0.4, -0.2) is 43.8 Å². The van der Waals surface area contributed by atoms with E-state index in [0.717, 1.165) is 30.2 Å². The number of carbonyl (C=O) groups is 2. The molecule has 0 spiro atoms. The Morgan fingerprint density at radius 1 is 0.950 bits per heavy atom. The van der Waals surface area contributed by atoms with Crippen LogP contribution >= 0.6 is 0 Å². The van der Waals surface area contributed by atoms with Crippen molar-refractivity contribution < 1.29 is 58.6 Å². The average Bonchev–Trinajstić information content (AvgIpc) is 2.86. The van der Waals surface area contributed by atoms with Gasteiger partial charge in [-0.1, -0.05) is 6.07 Å². The quantitative estimate of drug-likeness (QED) is 0.202. The molecule has 1 aliphatic rings. The number of carbonyl (C=O) groups excluding carboxylic acids is 2. The minimum absolute atomic E-state index is 0.00185. The molecule has 0 saturated heterocycles. The number of hydrogen-bond donors (Lipinski definition) is 0. The van der Waals surface area contributed by atoms with Crippen LogP contribution in [-0.2, 0) is 39.3 Å². The van der Waals surface area contributed by atoms with Gasteiger partial charge in [0.2, 0.25) is 0 Å². The van der Waals surface area contributed by atoms with Crippen LogP contribution in [0.4, 0.5) is 50.0 Å². The first-order valence-corrected chi connectivity index (χ1v) is 11.6. The van der Waals surface area contributed by atoms with Gasteiger partial charge in [-0.05, 0) is 54.8 Å². The van der Waals surface area contributed by atoms with Crippen LogP contribution < -0.4 is 4.90 Å². The first-order valence-electron chi connectivity index (χ1n) is 11.6. The summed E-state index contributed by atoms with van der Waals surface area (Å²) in [5.41, 5.74) is -4.58. The van der Waals surface area contributed by atoms with E-state index in [0.29, 0.717) is 12.1 Å². The molecule has 0 saturated carbocycles. The molecule has 0 bridgehead atoms. The average molecular weight is 586 g/mol. The lowest BCUT2D eigenvalue weighted by Crippen LogP contribution is -2.46. The second-order valence-electron chi connectivity index (χ2n) is 9.04. The van der Waals surface area contributed by atoms with Crippen molar-refractivity contribution in [3.8, 4) is 0 Å². The van der Waals surface area contributed by atoms with Crippen LogP contribution in [0.1, 0.15) is 47.2 Å². The number of fused-ring (bicyclic) bond motifs is 1. The third-order valence-electron chi connectivity index (χ3n) is 6.43. The Morgan fingerprint density at radius 3 is 2.02 bits per heavy atom. The van der Waals surface area contributed by atoms with Gasteiger partial charge in [0.05, 0.1) is 36.4 Å². The fourth-order valence-corrected chi connectivity index (χ4v) is 4.63. The highest BCUT2D eigenvalue weighted by atomic mass is 19.4. The summed E-state index contributed by atoms with van der Waals surface area (Å²) in [7, 11) is 0.950. The number of amides is 1. The zero-order valence-corrected chi connectivity index (χ0v) is 21.0. The van der Waals surface area contributed by atoms with Gasteiger partial charge in [-0.3, -0.25) is 9.69 Å². The molecule has 2 aromatic rings. The van der Waals surface area contributed by atoms with Crippen LogP contribution in [0.25, 0.3) is 0 Å². The van der Waals surface area contributed by atoms with Crippen molar-refractivity contribution in [1.82, 2.24) is 4.90 Å². The van der Waals surface area contributed by atoms with Gasteiger partial charge in [0.1, 0.15) is 6.61 Å². The standard InChI is InChI=1S/C25H23F9N2O4/c1-14-7-20(19-4-3-16(23(26,27)28)11-21(19)35(14)5-6-40-13-37)36(22(38)39-2)12-15-8-17(24(29,30)31)10-18(9-15)25(32,33)34/h3-4,8-11,13-14,20H,5-7,12H2,1-2H3. The zero-order chi connectivity index (χ0) is 30.0. The molecule has 2 atom stereocenters. The van der Waals surface area contributed by atoms with Gasteiger partial charge in [0.25, 0.3) is 6.47 Å². The summed E-state index contributed by atoms with van der Waals surface area (Å²) in [6, 6.07) is 1.85. The normalized spacial score (nSPS) is 17.7. The van der Waals surface area contributed by atoms with Crippen molar-refractivity contribution in [2.24, 2.45) is 0 Å². The number of hydrogen-bond acceptors (Lipinski definition) is 5. The number of benzene rings is 2. The molecule has 0 N–H and O–H groups in total. The van der Waals surface area contributed by atoms with Gasteiger partial charge in [0.15, 0.2) is 0 Å². The van der Waals surface area contributed by atoms with E-state index in [4.69, 9.17) is 4.74 Å². The Bertz CT molecular complexity index is 1200. The summed E-state index contributed by atoms with van der Waals surface area (Å²) in [5, 5.41) is 0. The van der Waals surface area contributed by atoms with Crippen LogP contribution in [0.3, 0.4) is 0 Å². The first kappa shape index (κ1) is 30.9. The molecule has 0 aromatic heterocycles. The summed E-state index contributed by atoms with van der Waals surface area (Å²) in [4.78, 5) is 25.8. The van der Waals surface area contributed by atoms with Crippen LogP contribution in [0.5, 0.6) is 0 Å². The molecule has 1 amide bonds. The lowest BCUT2D eigenvalue weighted by atomic mass is 9.89. The Hall–Kier alpha value is -3.65. The minimum atomic E-state index is -5.13. The molecular weight excluding hydrogens is 563 g/mol. The molecular formula is C25H23F9N2O4. The Morgan fingerprint density at radius 2 is 1.52 bits per heavy atom. The molecule has 0 aliphatic carbocycles. The largest absolute Gasteiger partial charge is 0.466 e. The SMILES string of the molecule is COC(=O)N(Cc1cc(C(F)(F)F)cc(C(F)(F)F)c1)C1CC(C)N(CCOC=O)c2cc(C(F)(F)F)ccc21. The van der Waals surface area contributed by atoms with E-state index in [2.05, 4.69) is 4.74 Å². The summed E-state index contributed by atoms with van der Waals surface area (Å²) < 4.78 is 130. The fraction of sp³-hybridized carbons (Fsp3) is 0.440. The van der Waals surface area contributed by atoms with E-state index in [9.17, 15) is 49.1 Å². The highest BCUT2D eigenvalue weighted by Crippen LogP contribution is 2.44. The van der Waals surface area contributed by atoms with Crippen molar-refractivity contribution in [3.05, 3.63) is 64.2 Å². The maximum absolute atomic E-state index is 13.5. The van der Waals surface area contributed by atoms with E-state index in [1.54, 1.807) is 6.92 Å². The molecule has 15 heteroatoms. The highest BCUT2D eigenvalue weighted by Gasteiger charge is 2.41. The second kappa shape index (κ2) is 11.5. The molecule has 0 radical (unpaired) electrons. The maximum atomic E-state index is 13.5. The first-order chi connectivity index (χ1) is 18.5. The Balaban J connectivity index is 2.13. The molecule has 40 heavy (non-hydrogen) atoms. The van der Waals surface area contributed by atoms with Crippen molar-refractivity contribution in [2.75, 3.05) is 25.2 Å². The number of halogens is 9. The number of methoxy groups -OCH3 is 1. The molecule has 0 fully saturated rings. The maximum Gasteiger partial charge on any atom is 0.416 e. The van der Waals surface area contributed by atoms with E-state index in [-0.39, 0.29) is 43.4 Å². The number of anilines is 1. The topological polar surface area (TPSA) is 59.1 Å². The van der Waals surface area contributed by atoms with Crippen molar-refractivity contribution in [3.63, 3.8) is 0 Å². The van der Waals surface area contributed by atoms with E-state index in [1.807, 2.05) is 0 Å². The number of nitrogens with zero attached hydrogens (tertiary/aromatic N) is 2. The van der Waals surface area contributed by atoms with Gasteiger partial charge >= 0.3 is 24.6 Å². The minimum Gasteiger partial charge on any atom is -0.466 e.